The second kappa shape index (κ2) is 5.86. The molecule has 1 aromatic carbocycles. The molecule has 0 aliphatic carbocycles. The first-order valence-electron chi connectivity index (χ1n) is 7.81. The first-order valence-corrected chi connectivity index (χ1v) is 7.81. The molecular formula is C18H16N6O. The smallest absolute Gasteiger partial charge is 0.251 e. The third-order valence-corrected chi connectivity index (χ3v) is 4.05. The van der Waals surface area contributed by atoms with Gasteiger partial charge in [0.05, 0.1) is 24.3 Å². The van der Waals surface area contributed by atoms with E-state index >= 15 is 0 Å². The van der Waals surface area contributed by atoms with Crippen molar-refractivity contribution in [3.05, 3.63) is 60.7 Å². The van der Waals surface area contributed by atoms with Crippen molar-refractivity contribution >= 4 is 11.6 Å². The number of nitrogens with one attached hydrogen (secondary N) is 1. The third kappa shape index (κ3) is 2.65. The Morgan fingerprint density at radius 1 is 1.04 bits per heavy atom. The van der Waals surface area contributed by atoms with Gasteiger partial charge in [0.15, 0.2) is 5.65 Å². The summed E-state index contributed by atoms with van der Waals surface area (Å²) in [6, 6.07) is 9.37. The highest BCUT2D eigenvalue weighted by atomic mass is 16.1. The molecule has 0 saturated carbocycles. The molecule has 0 fully saturated rings. The zero-order valence-electron chi connectivity index (χ0n) is 13.8. The molecule has 7 heteroatoms. The first-order chi connectivity index (χ1) is 12.2. The highest BCUT2D eigenvalue weighted by molar-refractivity contribution is 5.95. The van der Waals surface area contributed by atoms with Crippen LogP contribution >= 0.6 is 0 Å². The lowest BCUT2D eigenvalue weighted by Gasteiger charge is -2.05. The summed E-state index contributed by atoms with van der Waals surface area (Å²) in [6.07, 6.45) is 7.28. The summed E-state index contributed by atoms with van der Waals surface area (Å²) >= 11 is 0. The molecule has 1 amide bonds. The zero-order chi connectivity index (χ0) is 17.4. The van der Waals surface area contributed by atoms with Crippen molar-refractivity contribution in [2.75, 3.05) is 7.05 Å². The molecular weight excluding hydrogens is 316 g/mol. The molecule has 0 radical (unpaired) electrons. The highest BCUT2D eigenvalue weighted by Gasteiger charge is 2.11. The van der Waals surface area contributed by atoms with E-state index < -0.39 is 0 Å². The lowest BCUT2D eigenvalue weighted by atomic mass is 10.1. The Labute approximate surface area is 143 Å². The molecule has 3 aromatic heterocycles. The normalized spacial score (nSPS) is 11.0. The molecule has 0 aliphatic heterocycles. The predicted octanol–water partition coefficient (Wildman–Crippen LogP) is 2.16. The molecule has 0 saturated heterocycles. The molecule has 124 valence electrons. The molecule has 25 heavy (non-hydrogen) atoms. The van der Waals surface area contributed by atoms with Gasteiger partial charge in [-0.15, -0.1) is 0 Å². The number of aromatic nitrogens is 5. The number of benzene rings is 1. The minimum Gasteiger partial charge on any atom is -0.355 e. The fourth-order valence-corrected chi connectivity index (χ4v) is 2.77. The molecule has 7 nitrogen and oxygen atoms in total. The van der Waals surface area contributed by atoms with Crippen molar-refractivity contribution in [2.24, 2.45) is 7.05 Å². The maximum absolute atomic E-state index is 11.8. The molecule has 3 heterocycles. The SMILES string of the molecule is CNC(=O)c1cccc(-c2cnc3cc(-c4cnn(C)c4)cnn23)c1. The van der Waals surface area contributed by atoms with E-state index in [0.29, 0.717) is 5.56 Å². The van der Waals surface area contributed by atoms with Gasteiger partial charge in [-0.3, -0.25) is 9.48 Å². The summed E-state index contributed by atoms with van der Waals surface area (Å²) in [5.41, 5.74) is 5.00. The maximum Gasteiger partial charge on any atom is 0.251 e. The summed E-state index contributed by atoms with van der Waals surface area (Å²) in [7, 11) is 3.49. The Balaban J connectivity index is 1.78. The van der Waals surface area contributed by atoms with Crippen LogP contribution in [0.25, 0.3) is 28.0 Å². The van der Waals surface area contributed by atoms with Crippen LogP contribution in [0.5, 0.6) is 0 Å². The number of fused-ring (bicyclic) bond motifs is 1. The topological polar surface area (TPSA) is 77.1 Å². The predicted molar refractivity (Wildman–Crippen MR) is 94.0 cm³/mol. The number of hydrogen-bond donors (Lipinski definition) is 1. The largest absolute Gasteiger partial charge is 0.355 e. The Kier molecular flexibility index (Phi) is 3.53. The van der Waals surface area contributed by atoms with Gasteiger partial charge in [0.2, 0.25) is 0 Å². The van der Waals surface area contributed by atoms with Crippen LogP contribution < -0.4 is 5.32 Å². The van der Waals surface area contributed by atoms with Gasteiger partial charge < -0.3 is 5.32 Å². The summed E-state index contributed by atoms with van der Waals surface area (Å²) in [6.45, 7) is 0. The fraction of sp³-hybridized carbons (Fsp3) is 0.111. The summed E-state index contributed by atoms with van der Waals surface area (Å²) < 4.78 is 3.52. The highest BCUT2D eigenvalue weighted by Crippen LogP contribution is 2.24. The van der Waals surface area contributed by atoms with Crippen molar-refractivity contribution in [1.82, 2.24) is 29.7 Å². The monoisotopic (exact) mass is 332 g/mol. The van der Waals surface area contributed by atoms with E-state index in [2.05, 4.69) is 20.5 Å². The van der Waals surface area contributed by atoms with Crippen LogP contribution in [0.2, 0.25) is 0 Å². The van der Waals surface area contributed by atoms with Crippen molar-refractivity contribution in [2.45, 2.75) is 0 Å². The maximum atomic E-state index is 11.8. The van der Waals surface area contributed by atoms with Crippen molar-refractivity contribution in [1.29, 1.82) is 0 Å². The number of carbonyl (C=O) groups is 1. The van der Waals surface area contributed by atoms with Gasteiger partial charge in [0.25, 0.3) is 5.91 Å². The number of hydrogen-bond acceptors (Lipinski definition) is 4. The standard InChI is InChI=1S/C18H16N6O/c1-19-18(25)13-5-3-4-12(6-13)16-10-20-17-7-14(8-22-24(16)17)15-9-21-23(2)11-15/h3-11H,1-2H3,(H,19,25). The van der Waals surface area contributed by atoms with Gasteiger partial charge in [-0.1, -0.05) is 12.1 Å². The Morgan fingerprint density at radius 3 is 2.64 bits per heavy atom. The van der Waals surface area contributed by atoms with Gasteiger partial charge in [0.1, 0.15) is 0 Å². The number of nitrogens with zero attached hydrogens (tertiary/aromatic N) is 5. The Bertz CT molecular complexity index is 1080. The quantitative estimate of drug-likeness (QED) is 0.624. The van der Waals surface area contributed by atoms with Crippen LogP contribution in [0.1, 0.15) is 10.4 Å². The van der Waals surface area contributed by atoms with Crippen LogP contribution in [0.4, 0.5) is 0 Å². The summed E-state index contributed by atoms with van der Waals surface area (Å²) in [4.78, 5) is 16.3. The van der Waals surface area contributed by atoms with Crippen LogP contribution in [-0.2, 0) is 7.05 Å². The van der Waals surface area contributed by atoms with Crippen LogP contribution in [0.15, 0.2) is 55.1 Å². The zero-order valence-corrected chi connectivity index (χ0v) is 13.8. The molecule has 0 spiro atoms. The number of imidazole rings is 1. The molecule has 4 aromatic rings. The molecule has 1 N–H and O–H groups in total. The van der Waals surface area contributed by atoms with Crippen molar-refractivity contribution in [3.63, 3.8) is 0 Å². The molecule has 0 bridgehead atoms. The number of carbonyl (C=O) groups excluding carboxylic acids is 1. The van der Waals surface area contributed by atoms with Gasteiger partial charge in [-0.05, 0) is 18.2 Å². The lowest BCUT2D eigenvalue weighted by molar-refractivity contribution is 0.0963. The van der Waals surface area contributed by atoms with Crippen molar-refractivity contribution < 1.29 is 4.79 Å². The van der Waals surface area contributed by atoms with E-state index in [0.717, 1.165) is 28.0 Å². The lowest BCUT2D eigenvalue weighted by Crippen LogP contribution is -2.17. The second-order valence-corrected chi connectivity index (χ2v) is 5.72. The molecule has 0 atom stereocenters. The number of amides is 1. The van der Waals surface area contributed by atoms with Gasteiger partial charge >= 0.3 is 0 Å². The average Bonchev–Trinajstić information content (AvgIpc) is 3.26. The van der Waals surface area contributed by atoms with E-state index in [9.17, 15) is 4.79 Å². The Hall–Kier alpha value is -3.48. The minimum atomic E-state index is -0.123. The number of aryl methyl sites for hydroxylation is 1. The van der Waals surface area contributed by atoms with Crippen molar-refractivity contribution in [3.8, 4) is 22.4 Å². The first kappa shape index (κ1) is 15.1. The Morgan fingerprint density at radius 2 is 1.88 bits per heavy atom. The van der Waals surface area contributed by atoms with E-state index in [-0.39, 0.29) is 5.91 Å². The van der Waals surface area contributed by atoms with E-state index in [1.807, 2.05) is 37.5 Å². The van der Waals surface area contributed by atoms with E-state index in [1.54, 1.807) is 40.9 Å². The minimum absolute atomic E-state index is 0.123. The van der Waals surface area contributed by atoms with E-state index in [1.165, 1.54) is 0 Å². The van der Waals surface area contributed by atoms with Gasteiger partial charge in [-0.25, -0.2) is 9.50 Å². The average molecular weight is 332 g/mol. The molecule has 4 rings (SSSR count). The summed E-state index contributed by atoms with van der Waals surface area (Å²) in [5.74, 6) is -0.123. The van der Waals surface area contributed by atoms with E-state index in [4.69, 9.17) is 0 Å². The number of rotatable bonds is 3. The van der Waals surface area contributed by atoms with Gasteiger partial charge in [-0.2, -0.15) is 10.2 Å². The molecule has 0 unspecified atom stereocenters. The van der Waals surface area contributed by atoms with Gasteiger partial charge in [0, 0.05) is 42.5 Å². The second-order valence-electron chi connectivity index (χ2n) is 5.72. The van der Waals surface area contributed by atoms with Crippen LogP contribution in [-0.4, -0.2) is 37.3 Å². The third-order valence-electron chi connectivity index (χ3n) is 4.05. The fourth-order valence-electron chi connectivity index (χ4n) is 2.77. The molecule has 0 aliphatic rings. The summed E-state index contributed by atoms with van der Waals surface area (Å²) in [5, 5.41) is 11.3. The van der Waals surface area contributed by atoms with Crippen LogP contribution in [0.3, 0.4) is 0 Å². The van der Waals surface area contributed by atoms with Crippen LogP contribution in [0, 0.1) is 0 Å².